The molecule has 1 aromatic carbocycles. The van der Waals surface area contributed by atoms with E-state index in [9.17, 15) is 4.79 Å². The zero-order valence-electron chi connectivity index (χ0n) is 11.3. The number of rotatable bonds is 7. The predicted molar refractivity (Wildman–Crippen MR) is 80.5 cm³/mol. The first kappa shape index (κ1) is 14.9. The molecule has 0 saturated carbocycles. The molecule has 0 bridgehead atoms. The third kappa shape index (κ3) is 4.26. The minimum absolute atomic E-state index is 0.00690. The quantitative estimate of drug-likeness (QED) is 0.797. The van der Waals surface area contributed by atoms with E-state index >= 15 is 0 Å². The largest absolute Gasteiger partial charge is 0.385 e. The molecule has 1 aromatic rings. The van der Waals surface area contributed by atoms with Crippen molar-refractivity contribution in [1.82, 2.24) is 5.32 Å². The van der Waals surface area contributed by atoms with Gasteiger partial charge >= 0.3 is 0 Å². The maximum Gasteiger partial charge on any atom is 0.253 e. The lowest BCUT2D eigenvalue weighted by Crippen LogP contribution is -2.36. The minimum Gasteiger partial charge on any atom is -0.385 e. The number of hydrogen-bond acceptors (Lipinski definition) is 3. The Morgan fingerprint density at radius 2 is 2.06 bits per heavy atom. The number of benzene rings is 1. The van der Waals surface area contributed by atoms with Crippen LogP contribution in [0, 0.1) is 0 Å². The summed E-state index contributed by atoms with van der Waals surface area (Å²) in [6.45, 7) is 4.93. The van der Waals surface area contributed by atoms with Gasteiger partial charge in [0.25, 0.3) is 5.91 Å². The van der Waals surface area contributed by atoms with Crippen molar-refractivity contribution >= 4 is 23.4 Å². The molecule has 18 heavy (non-hydrogen) atoms. The topological polar surface area (TPSA) is 41.1 Å². The molecule has 4 heteroatoms. The Bertz CT molecular complexity index is 382. The summed E-state index contributed by atoms with van der Waals surface area (Å²) in [6, 6.07) is 7.87. The highest BCUT2D eigenvalue weighted by molar-refractivity contribution is 7.98. The van der Waals surface area contributed by atoms with E-state index < -0.39 is 0 Å². The molecule has 2 N–H and O–H groups in total. The van der Waals surface area contributed by atoms with Crippen molar-refractivity contribution < 1.29 is 4.79 Å². The average molecular weight is 266 g/mol. The minimum atomic E-state index is 0.00690. The molecule has 0 radical (unpaired) electrons. The highest BCUT2D eigenvalue weighted by Crippen LogP contribution is 2.15. The standard InChI is InChI=1S/C14H22N2OS/c1-4-11(10-18-3)16-14(17)12-8-6-7-9-13(12)15-5-2/h6-9,11,15H,4-5,10H2,1-3H3,(H,16,17). The summed E-state index contributed by atoms with van der Waals surface area (Å²) >= 11 is 1.76. The number of anilines is 1. The maximum absolute atomic E-state index is 12.2. The van der Waals surface area contributed by atoms with Crippen LogP contribution < -0.4 is 10.6 Å². The third-order valence-corrected chi connectivity index (χ3v) is 3.47. The Morgan fingerprint density at radius 3 is 2.67 bits per heavy atom. The first-order chi connectivity index (χ1) is 8.72. The zero-order chi connectivity index (χ0) is 13.4. The molecule has 0 spiro atoms. The number of amides is 1. The second kappa shape index (κ2) is 8.03. The fourth-order valence-corrected chi connectivity index (χ4v) is 2.47. The van der Waals surface area contributed by atoms with Crippen LogP contribution in [0.2, 0.25) is 0 Å². The van der Waals surface area contributed by atoms with Gasteiger partial charge in [-0.2, -0.15) is 11.8 Å². The number of hydrogen-bond donors (Lipinski definition) is 2. The van der Waals surface area contributed by atoms with Crippen molar-refractivity contribution in [2.24, 2.45) is 0 Å². The number of carbonyl (C=O) groups excluding carboxylic acids is 1. The smallest absolute Gasteiger partial charge is 0.253 e. The molecule has 0 aliphatic rings. The molecular formula is C14H22N2OS. The van der Waals surface area contributed by atoms with Crippen LogP contribution in [-0.2, 0) is 0 Å². The summed E-state index contributed by atoms with van der Waals surface area (Å²) in [5.41, 5.74) is 1.62. The van der Waals surface area contributed by atoms with Gasteiger partial charge in [0.15, 0.2) is 0 Å². The molecule has 0 aliphatic carbocycles. The van der Waals surface area contributed by atoms with Crippen LogP contribution in [-0.4, -0.2) is 30.5 Å². The predicted octanol–water partition coefficient (Wildman–Crippen LogP) is 2.99. The summed E-state index contributed by atoms with van der Waals surface area (Å²) in [4.78, 5) is 12.2. The van der Waals surface area contributed by atoms with Crippen molar-refractivity contribution in [3.8, 4) is 0 Å². The van der Waals surface area contributed by atoms with Crippen molar-refractivity contribution in [2.45, 2.75) is 26.3 Å². The van der Waals surface area contributed by atoms with Crippen LogP contribution in [0.3, 0.4) is 0 Å². The van der Waals surface area contributed by atoms with E-state index in [1.165, 1.54) is 0 Å². The molecule has 1 atom stereocenters. The van der Waals surface area contributed by atoms with Crippen molar-refractivity contribution in [3.63, 3.8) is 0 Å². The molecule has 0 aromatic heterocycles. The monoisotopic (exact) mass is 266 g/mol. The van der Waals surface area contributed by atoms with Gasteiger partial charge in [0.2, 0.25) is 0 Å². The van der Waals surface area contributed by atoms with Gasteiger partial charge in [-0.25, -0.2) is 0 Å². The molecular weight excluding hydrogens is 244 g/mol. The SMILES string of the molecule is CCNc1ccccc1C(=O)NC(CC)CSC. The first-order valence-electron chi connectivity index (χ1n) is 6.35. The van der Waals surface area contributed by atoms with Gasteiger partial charge in [-0.1, -0.05) is 19.1 Å². The fraction of sp³-hybridized carbons (Fsp3) is 0.500. The second-order valence-electron chi connectivity index (χ2n) is 4.11. The van der Waals surface area contributed by atoms with Crippen molar-refractivity contribution in [1.29, 1.82) is 0 Å². The Kier molecular flexibility index (Phi) is 6.65. The summed E-state index contributed by atoms with van der Waals surface area (Å²) in [6.07, 6.45) is 3.01. The summed E-state index contributed by atoms with van der Waals surface area (Å²) in [5.74, 6) is 0.957. The van der Waals surface area contributed by atoms with Crippen molar-refractivity contribution in [2.75, 3.05) is 23.9 Å². The lowest BCUT2D eigenvalue weighted by atomic mass is 10.1. The number of nitrogens with one attached hydrogen (secondary N) is 2. The van der Waals surface area contributed by atoms with Gasteiger partial charge in [-0.05, 0) is 31.7 Å². The molecule has 100 valence electrons. The average Bonchev–Trinajstić information content (AvgIpc) is 2.39. The van der Waals surface area contributed by atoms with E-state index in [4.69, 9.17) is 0 Å². The van der Waals surface area contributed by atoms with E-state index in [-0.39, 0.29) is 11.9 Å². The molecule has 1 unspecified atom stereocenters. The number of para-hydroxylation sites is 1. The lowest BCUT2D eigenvalue weighted by molar-refractivity contribution is 0.0941. The van der Waals surface area contributed by atoms with E-state index in [1.807, 2.05) is 31.2 Å². The Balaban J connectivity index is 2.76. The van der Waals surface area contributed by atoms with Gasteiger partial charge in [-0.3, -0.25) is 4.79 Å². The van der Waals surface area contributed by atoms with Crippen molar-refractivity contribution in [3.05, 3.63) is 29.8 Å². The van der Waals surface area contributed by atoms with Crippen LogP contribution in [0.4, 0.5) is 5.69 Å². The van der Waals surface area contributed by atoms with E-state index in [2.05, 4.69) is 23.8 Å². The van der Waals surface area contributed by atoms with Gasteiger partial charge in [-0.15, -0.1) is 0 Å². The summed E-state index contributed by atoms with van der Waals surface area (Å²) in [5, 5.41) is 6.30. The van der Waals surface area contributed by atoms with E-state index in [1.54, 1.807) is 11.8 Å². The summed E-state index contributed by atoms with van der Waals surface area (Å²) < 4.78 is 0. The Hall–Kier alpha value is -1.16. The molecule has 0 fully saturated rings. The van der Waals surface area contributed by atoms with Gasteiger partial charge in [0.05, 0.1) is 5.56 Å². The Morgan fingerprint density at radius 1 is 1.33 bits per heavy atom. The first-order valence-corrected chi connectivity index (χ1v) is 7.75. The number of thioether (sulfide) groups is 1. The molecule has 1 amide bonds. The Labute approximate surface area is 114 Å². The second-order valence-corrected chi connectivity index (χ2v) is 5.02. The molecule has 0 aliphatic heterocycles. The highest BCUT2D eigenvalue weighted by Gasteiger charge is 2.14. The molecule has 3 nitrogen and oxygen atoms in total. The highest BCUT2D eigenvalue weighted by atomic mass is 32.2. The summed E-state index contributed by atoms with van der Waals surface area (Å²) in [7, 11) is 0. The molecule has 0 saturated heterocycles. The van der Waals surface area contributed by atoms with Gasteiger partial charge in [0, 0.05) is 24.0 Å². The zero-order valence-corrected chi connectivity index (χ0v) is 12.1. The maximum atomic E-state index is 12.2. The molecule has 1 rings (SSSR count). The van der Waals surface area contributed by atoms with Crippen LogP contribution in [0.1, 0.15) is 30.6 Å². The van der Waals surface area contributed by atoms with Crippen LogP contribution in [0.25, 0.3) is 0 Å². The van der Waals surface area contributed by atoms with Crippen LogP contribution in [0.5, 0.6) is 0 Å². The van der Waals surface area contributed by atoms with Gasteiger partial charge in [0.1, 0.15) is 0 Å². The van der Waals surface area contributed by atoms with Gasteiger partial charge < -0.3 is 10.6 Å². The molecule has 0 heterocycles. The van der Waals surface area contributed by atoms with E-state index in [0.29, 0.717) is 0 Å². The normalized spacial score (nSPS) is 11.9. The number of carbonyl (C=O) groups is 1. The lowest BCUT2D eigenvalue weighted by Gasteiger charge is -2.17. The third-order valence-electron chi connectivity index (χ3n) is 2.73. The van der Waals surface area contributed by atoms with Crippen LogP contribution >= 0.6 is 11.8 Å². The van der Waals surface area contributed by atoms with Crippen LogP contribution in [0.15, 0.2) is 24.3 Å². The van der Waals surface area contributed by atoms with E-state index in [0.717, 1.165) is 30.0 Å². The fourth-order valence-electron chi connectivity index (χ4n) is 1.75.